The molecule has 0 fully saturated rings. The molecule has 0 heterocycles. The normalized spacial score (nSPS) is 14.6. The van der Waals surface area contributed by atoms with E-state index in [-0.39, 0.29) is 5.75 Å². The van der Waals surface area contributed by atoms with Gasteiger partial charge in [0.15, 0.2) is 0 Å². The van der Waals surface area contributed by atoms with Crippen LogP contribution in [0.15, 0.2) is 0 Å². The molecule has 0 aromatic carbocycles. The van der Waals surface area contributed by atoms with E-state index in [1.807, 2.05) is 5.32 Å². The number of carbonyl (C=O) groups is 6. The zero-order valence-electron chi connectivity index (χ0n) is 15.6. The molecule has 0 aliphatic heterocycles. The minimum Gasteiger partial charge on any atom is -0.481 e. The highest BCUT2D eigenvalue weighted by Crippen LogP contribution is 2.01. The van der Waals surface area contributed by atoms with Crippen LogP contribution in [-0.2, 0) is 28.8 Å². The molecule has 0 saturated heterocycles. The molecule has 14 heteroatoms. The van der Waals surface area contributed by atoms with Crippen molar-refractivity contribution in [2.45, 2.75) is 50.4 Å². The first kappa shape index (κ1) is 26.1. The Morgan fingerprint density at radius 3 is 1.93 bits per heavy atom. The highest BCUT2D eigenvalue weighted by atomic mass is 32.1. The summed E-state index contributed by atoms with van der Waals surface area (Å²) >= 11 is 3.85. The number of nitrogens with two attached hydrogens (primary N) is 2. The number of hydrogen-bond donors (Lipinski definition) is 8. The number of carboxylic acids is 2. The van der Waals surface area contributed by atoms with E-state index in [1.54, 1.807) is 0 Å². The third-order valence-electron chi connectivity index (χ3n) is 3.59. The van der Waals surface area contributed by atoms with E-state index in [2.05, 4.69) is 23.3 Å². The number of nitrogens with one attached hydrogen (secondary N) is 3. The van der Waals surface area contributed by atoms with E-state index >= 15 is 0 Å². The third kappa shape index (κ3) is 10.3. The average molecular weight is 435 g/mol. The molecular weight excluding hydrogens is 410 g/mol. The van der Waals surface area contributed by atoms with Crippen molar-refractivity contribution in [2.24, 2.45) is 11.5 Å². The van der Waals surface area contributed by atoms with Gasteiger partial charge in [0.05, 0.1) is 12.5 Å². The molecule has 29 heavy (non-hydrogen) atoms. The number of primary amides is 1. The van der Waals surface area contributed by atoms with E-state index in [4.69, 9.17) is 21.7 Å². The molecule has 0 saturated carbocycles. The van der Waals surface area contributed by atoms with Crippen molar-refractivity contribution in [3.63, 3.8) is 0 Å². The molecule has 9 N–H and O–H groups in total. The van der Waals surface area contributed by atoms with Gasteiger partial charge in [0, 0.05) is 12.2 Å². The van der Waals surface area contributed by atoms with Gasteiger partial charge in [0.2, 0.25) is 23.6 Å². The van der Waals surface area contributed by atoms with E-state index in [0.717, 1.165) is 0 Å². The highest BCUT2D eigenvalue weighted by Gasteiger charge is 2.30. The molecule has 0 spiro atoms. The summed E-state index contributed by atoms with van der Waals surface area (Å²) < 4.78 is 0. The summed E-state index contributed by atoms with van der Waals surface area (Å²) in [6, 6.07) is -5.20. The van der Waals surface area contributed by atoms with Crippen LogP contribution in [0.3, 0.4) is 0 Å². The van der Waals surface area contributed by atoms with Gasteiger partial charge in [-0.15, -0.1) is 0 Å². The summed E-state index contributed by atoms with van der Waals surface area (Å²) in [5.74, 6) is -6.28. The molecule has 4 atom stereocenters. The van der Waals surface area contributed by atoms with Gasteiger partial charge in [-0.3, -0.25) is 24.0 Å². The smallest absolute Gasteiger partial charge is 0.326 e. The predicted octanol–water partition coefficient (Wildman–Crippen LogP) is -3.46. The molecule has 0 aromatic heterocycles. The maximum atomic E-state index is 12.3. The first-order valence-electron chi connectivity index (χ1n) is 8.39. The summed E-state index contributed by atoms with van der Waals surface area (Å²) in [6.07, 6.45) is -1.60. The highest BCUT2D eigenvalue weighted by molar-refractivity contribution is 7.80. The van der Waals surface area contributed by atoms with E-state index < -0.39 is 79.0 Å². The first-order valence-corrected chi connectivity index (χ1v) is 9.02. The Hall–Kier alpha value is -2.87. The molecule has 4 amide bonds. The Kier molecular flexibility index (Phi) is 11.3. The number of carboxylic acid groups (broad SMARTS) is 2. The Bertz CT molecular complexity index is 659. The summed E-state index contributed by atoms with van der Waals surface area (Å²) in [7, 11) is 0. The van der Waals surface area contributed by atoms with Gasteiger partial charge in [-0.25, -0.2) is 4.79 Å². The number of hydrogen-bond acceptors (Lipinski definition) is 8. The van der Waals surface area contributed by atoms with Crippen LogP contribution in [0.25, 0.3) is 0 Å². The lowest BCUT2D eigenvalue weighted by Crippen LogP contribution is -2.57. The Morgan fingerprint density at radius 2 is 1.48 bits per heavy atom. The number of aliphatic carboxylic acids is 2. The van der Waals surface area contributed by atoms with Crippen LogP contribution in [0.1, 0.15) is 26.2 Å². The molecule has 164 valence electrons. The summed E-state index contributed by atoms with van der Waals surface area (Å²) in [6.45, 7) is 1.30. The second-order valence-electron chi connectivity index (χ2n) is 6.08. The summed E-state index contributed by atoms with van der Waals surface area (Å²) in [5.41, 5.74) is 10.5. The van der Waals surface area contributed by atoms with Crippen molar-refractivity contribution >= 4 is 48.2 Å². The van der Waals surface area contributed by atoms with Crippen molar-refractivity contribution in [1.82, 2.24) is 16.0 Å². The van der Waals surface area contributed by atoms with Crippen molar-refractivity contribution in [1.29, 1.82) is 0 Å². The second kappa shape index (κ2) is 12.6. The van der Waals surface area contributed by atoms with Crippen LogP contribution in [0.4, 0.5) is 0 Å². The van der Waals surface area contributed by atoms with Gasteiger partial charge < -0.3 is 37.6 Å². The quantitative estimate of drug-likeness (QED) is 0.134. The van der Waals surface area contributed by atoms with Crippen molar-refractivity contribution < 1.29 is 39.0 Å². The fourth-order valence-corrected chi connectivity index (χ4v) is 2.14. The van der Waals surface area contributed by atoms with Gasteiger partial charge in [0.1, 0.15) is 18.1 Å². The van der Waals surface area contributed by atoms with Crippen LogP contribution in [0.5, 0.6) is 0 Å². The molecule has 0 rings (SSSR count). The number of amides is 4. The van der Waals surface area contributed by atoms with Crippen molar-refractivity contribution in [2.75, 3.05) is 5.75 Å². The van der Waals surface area contributed by atoms with E-state index in [9.17, 15) is 28.8 Å². The van der Waals surface area contributed by atoms with Gasteiger partial charge in [-0.05, 0) is 13.3 Å². The minimum atomic E-state index is -1.56. The number of carbonyl (C=O) groups excluding carboxylic acids is 4. The van der Waals surface area contributed by atoms with Crippen molar-refractivity contribution in [3.05, 3.63) is 0 Å². The van der Waals surface area contributed by atoms with E-state index in [1.165, 1.54) is 6.92 Å². The Labute approximate surface area is 171 Å². The zero-order valence-corrected chi connectivity index (χ0v) is 16.5. The molecule has 0 aliphatic carbocycles. The fraction of sp³-hybridized carbons (Fsp3) is 0.600. The Balaban J connectivity index is 5.13. The maximum absolute atomic E-state index is 12.3. The Morgan fingerprint density at radius 1 is 0.931 bits per heavy atom. The average Bonchev–Trinajstić information content (AvgIpc) is 2.62. The minimum absolute atomic E-state index is 0.0276. The molecule has 0 bridgehead atoms. The molecule has 0 aliphatic rings. The maximum Gasteiger partial charge on any atom is 0.326 e. The molecular formula is C15H25N5O8S. The number of rotatable bonds is 13. The second-order valence-corrected chi connectivity index (χ2v) is 6.45. The predicted molar refractivity (Wildman–Crippen MR) is 102 cm³/mol. The lowest BCUT2D eigenvalue weighted by Gasteiger charge is -2.22. The fourth-order valence-electron chi connectivity index (χ4n) is 1.97. The monoisotopic (exact) mass is 435 g/mol. The first-order chi connectivity index (χ1) is 13.4. The van der Waals surface area contributed by atoms with Crippen molar-refractivity contribution in [3.8, 4) is 0 Å². The lowest BCUT2D eigenvalue weighted by atomic mass is 10.1. The van der Waals surface area contributed by atoms with Crippen LogP contribution < -0.4 is 27.4 Å². The van der Waals surface area contributed by atoms with Gasteiger partial charge in [-0.1, -0.05) is 0 Å². The summed E-state index contributed by atoms with van der Waals surface area (Å²) in [4.78, 5) is 69.2. The molecule has 13 nitrogen and oxygen atoms in total. The van der Waals surface area contributed by atoms with Gasteiger partial charge in [0.25, 0.3) is 0 Å². The molecule has 0 radical (unpaired) electrons. The number of thiol groups is 1. The van der Waals surface area contributed by atoms with Gasteiger partial charge in [-0.2, -0.15) is 12.6 Å². The third-order valence-corrected chi connectivity index (χ3v) is 3.98. The van der Waals surface area contributed by atoms with Crippen LogP contribution in [0, 0.1) is 0 Å². The standard InChI is InChI=1S/C15H25N5O8S/c1-6(18-13(25)7(16)5-29)12(24)20-9(4-10(17)21)14(26)19-8(15(27)28)2-3-11(22)23/h6-9,29H,2-5,16H2,1H3,(H2,17,21)(H,18,25)(H,19,26)(H,20,24)(H,22,23)(H,27,28). The largest absolute Gasteiger partial charge is 0.481 e. The topological polar surface area (TPSA) is 231 Å². The van der Waals surface area contributed by atoms with Crippen LogP contribution >= 0.6 is 12.6 Å². The zero-order chi connectivity index (χ0) is 22.7. The van der Waals surface area contributed by atoms with Gasteiger partial charge >= 0.3 is 11.9 Å². The molecule has 0 aromatic rings. The molecule has 4 unspecified atom stereocenters. The van der Waals surface area contributed by atoms with Crippen LogP contribution in [-0.4, -0.2) is 75.7 Å². The van der Waals surface area contributed by atoms with Crippen LogP contribution in [0.2, 0.25) is 0 Å². The summed E-state index contributed by atoms with van der Waals surface area (Å²) in [5, 5.41) is 24.3. The SMILES string of the molecule is CC(NC(=O)C(N)CS)C(=O)NC(CC(N)=O)C(=O)NC(CCC(=O)O)C(=O)O. The van der Waals surface area contributed by atoms with E-state index in [0.29, 0.717) is 0 Å². The lowest BCUT2D eigenvalue weighted by molar-refractivity contribution is -0.143.